The minimum absolute atomic E-state index is 0.00401. The molecule has 0 aliphatic rings. The first-order chi connectivity index (χ1) is 14.4. The van der Waals surface area contributed by atoms with Crippen LogP contribution in [0.4, 0.5) is 11.4 Å². The molecule has 3 aromatic carbocycles. The number of carbonyl (C=O) groups excluding carboxylic acids is 1. The lowest BCUT2D eigenvalue weighted by molar-refractivity contribution is -0.384. The van der Waals surface area contributed by atoms with E-state index in [4.69, 9.17) is 23.2 Å². The van der Waals surface area contributed by atoms with Crippen molar-refractivity contribution in [2.24, 2.45) is 0 Å². The van der Waals surface area contributed by atoms with Crippen LogP contribution in [0.5, 0.6) is 0 Å². The first-order valence-corrected chi connectivity index (χ1v) is 10.5. The van der Waals surface area contributed by atoms with Crippen LogP contribution < -0.4 is 4.90 Å². The van der Waals surface area contributed by atoms with Crippen molar-refractivity contribution in [2.75, 3.05) is 4.90 Å². The van der Waals surface area contributed by atoms with Crippen molar-refractivity contribution in [3.8, 4) is 0 Å². The highest BCUT2D eigenvalue weighted by atomic mass is 35.5. The van der Waals surface area contributed by atoms with E-state index in [1.807, 2.05) is 24.3 Å². The van der Waals surface area contributed by atoms with Crippen molar-refractivity contribution in [1.29, 1.82) is 0 Å². The van der Waals surface area contributed by atoms with E-state index in [2.05, 4.69) is 0 Å². The lowest BCUT2D eigenvalue weighted by atomic mass is 10.1. The lowest BCUT2D eigenvalue weighted by Gasteiger charge is -2.23. The van der Waals surface area contributed by atoms with Gasteiger partial charge in [0.1, 0.15) is 4.88 Å². The molecule has 4 aromatic rings. The highest BCUT2D eigenvalue weighted by molar-refractivity contribution is 7.21. The van der Waals surface area contributed by atoms with Gasteiger partial charge in [0, 0.05) is 32.9 Å². The van der Waals surface area contributed by atoms with Gasteiger partial charge < -0.3 is 4.90 Å². The molecule has 150 valence electrons. The monoisotopic (exact) mass is 456 g/mol. The molecular weight excluding hydrogens is 443 g/mol. The smallest absolute Gasteiger partial charge is 0.270 e. The summed E-state index contributed by atoms with van der Waals surface area (Å²) in [6, 6.07) is 20.6. The molecule has 4 rings (SSSR count). The van der Waals surface area contributed by atoms with Crippen LogP contribution in [-0.2, 0) is 6.54 Å². The molecule has 1 aromatic heterocycles. The zero-order chi connectivity index (χ0) is 21.3. The van der Waals surface area contributed by atoms with Gasteiger partial charge in [-0.25, -0.2) is 0 Å². The molecule has 0 saturated heterocycles. The Hall–Kier alpha value is -2.93. The van der Waals surface area contributed by atoms with Crippen molar-refractivity contribution in [2.45, 2.75) is 6.54 Å². The molecule has 0 aliphatic carbocycles. The number of halogens is 2. The van der Waals surface area contributed by atoms with E-state index in [0.717, 1.165) is 15.6 Å². The molecule has 30 heavy (non-hydrogen) atoms. The summed E-state index contributed by atoms with van der Waals surface area (Å²) < 4.78 is 0.928. The predicted octanol–water partition coefficient (Wildman–Crippen LogP) is 6.96. The van der Waals surface area contributed by atoms with Gasteiger partial charge in [-0.05, 0) is 35.9 Å². The second kappa shape index (κ2) is 8.44. The maximum Gasteiger partial charge on any atom is 0.270 e. The van der Waals surface area contributed by atoms with Crippen LogP contribution in [0.3, 0.4) is 0 Å². The minimum Gasteiger partial charge on any atom is -0.303 e. The van der Waals surface area contributed by atoms with Crippen molar-refractivity contribution >= 4 is 61.9 Å². The average molecular weight is 457 g/mol. The quantitative estimate of drug-likeness (QED) is 0.240. The van der Waals surface area contributed by atoms with Crippen LogP contribution in [0, 0.1) is 10.1 Å². The average Bonchev–Trinajstić information content (AvgIpc) is 3.09. The molecule has 5 nitrogen and oxygen atoms in total. The molecule has 0 unspecified atom stereocenters. The van der Waals surface area contributed by atoms with Gasteiger partial charge in [0.2, 0.25) is 0 Å². The van der Waals surface area contributed by atoms with Crippen LogP contribution in [0.2, 0.25) is 10.0 Å². The predicted molar refractivity (Wildman–Crippen MR) is 122 cm³/mol. The summed E-state index contributed by atoms with van der Waals surface area (Å²) >= 11 is 13.9. The van der Waals surface area contributed by atoms with Gasteiger partial charge in [-0.1, -0.05) is 53.5 Å². The van der Waals surface area contributed by atoms with E-state index in [0.29, 0.717) is 20.6 Å². The number of hydrogen-bond acceptors (Lipinski definition) is 4. The number of fused-ring (bicyclic) bond motifs is 1. The highest BCUT2D eigenvalue weighted by Crippen LogP contribution is 2.37. The van der Waals surface area contributed by atoms with Gasteiger partial charge in [0.05, 0.1) is 16.5 Å². The summed E-state index contributed by atoms with van der Waals surface area (Å²) in [5.74, 6) is -0.248. The zero-order valence-electron chi connectivity index (χ0n) is 15.4. The molecule has 8 heteroatoms. The Morgan fingerprint density at radius 2 is 1.63 bits per heavy atom. The van der Waals surface area contributed by atoms with Gasteiger partial charge in [-0.15, -0.1) is 11.3 Å². The second-order valence-electron chi connectivity index (χ2n) is 6.53. The van der Waals surface area contributed by atoms with Crippen molar-refractivity contribution in [3.05, 3.63) is 103 Å². The van der Waals surface area contributed by atoms with Crippen LogP contribution in [0.25, 0.3) is 10.1 Å². The number of rotatable bonds is 5. The first kappa shape index (κ1) is 20.3. The molecule has 0 bridgehead atoms. The van der Waals surface area contributed by atoms with Gasteiger partial charge in [-0.2, -0.15) is 0 Å². The van der Waals surface area contributed by atoms with E-state index in [-0.39, 0.29) is 18.1 Å². The zero-order valence-corrected chi connectivity index (χ0v) is 17.7. The van der Waals surface area contributed by atoms with E-state index < -0.39 is 4.92 Å². The van der Waals surface area contributed by atoms with Crippen LogP contribution in [0.1, 0.15) is 15.2 Å². The maximum absolute atomic E-state index is 13.5. The number of nitro benzene ring substituents is 1. The van der Waals surface area contributed by atoms with Crippen molar-refractivity contribution in [3.63, 3.8) is 0 Å². The summed E-state index contributed by atoms with van der Waals surface area (Å²) in [7, 11) is 0. The van der Waals surface area contributed by atoms with E-state index in [1.165, 1.54) is 23.5 Å². The summed E-state index contributed by atoms with van der Waals surface area (Å²) in [5, 5.41) is 12.7. The third-order valence-corrected chi connectivity index (χ3v) is 6.52. The van der Waals surface area contributed by atoms with E-state index >= 15 is 0 Å². The Morgan fingerprint density at radius 1 is 0.967 bits per heavy atom. The molecule has 0 spiro atoms. The number of amides is 1. The fourth-order valence-corrected chi connectivity index (χ4v) is 4.67. The van der Waals surface area contributed by atoms with Crippen LogP contribution in [-0.4, -0.2) is 10.8 Å². The third-order valence-electron chi connectivity index (χ3n) is 4.60. The number of carbonyl (C=O) groups is 1. The number of non-ortho nitro benzene ring substituents is 1. The molecule has 0 atom stereocenters. The second-order valence-corrected chi connectivity index (χ2v) is 8.40. The maximum atomic E-state index is 13.5. The summed E-state index contributed by atoms with van der Waals surface area (Å²) in [6.07, 6.45) is 0. The molecular formula is C22H14Cl2N2O3S. The number of benzene rings is 3. The van der Waals surface area contributed by atoms with Gasteiger partial charge in [0.15, 0.2) is 0 Å². The molecule has 0 fully saturated rings. The van der Waals surface area contributed by atoms with Crippen molar-refractivity contribution < 1.29 is 9.72 Å². The number of thiophene rings is 1. The lowest BCUT2D eigenvalue weighted by Crippen LogP contribution is -2.30. The molecule has 1 heterocycles. The Morgan fingerprint density at radius 3 is 2.27 bits per heavy atom. The standard InChI is InChI=1S/C22H14Cl2N2O3S/c23-15-7-11-16(12-8-15)25(13-14-5-9-17(10-6-14)26(28)29)22(27)21-20(24)18-3-1-2-4-19(18)30-21/h1-12H,13H2. The number of nitro groups is 1. The Labute approximate surface area is 186 Å². The molecule has 0 N–H and O–H groups in total. The fraction of sp³-hybridized carbons (Fsp3) is 0.0455. The fourth-order valence-electron chi connectivity index (χ4n) is 3.08. The minimum atomic E-state index is -0.455. The van der Waals surface area contributed by atoms with Gasteiger partial charge in [0.25, 0.3) is 11.6 Å². The van der Waals surface area contributed by atoms with Crippen LogP contribution in [0.15, 0.2) is 72.8 Å². The Balaban J connectivity index is 1.74. The summed E-state index contributed by atoms with van der Waals surface area (Å²) in [5.41, 5.74) is 1.40. The Bertz CT molecular complexity index is 1240. The normalized spacial score (nSPS) is 10.9. The molecule has 0 radical (unpaired) electrons. The van der Waals surface area contributed by atoms with E-state index in [1.54, 1.807) is 41.3 Å². The number of hydrogen-bond donors (Lipinski definition) is 0. The van der Waals surface area contributed by atoms with Crippen LogP contribution >= 0.6 is 34.5 Å². The van der Waals surface area contributed by atoms with Crippen molar-refractivity contribution in [1.82, 2.24) is 0 Å². The summed E-state index contributed by atoms with van der Waals surface area (Å²) in [6.45, 7) is 0.225. The molecule has 0 saturated carbocycles. The Kier molecular flexibility index (Phi) is 5.72. The molecule has 0 aliphatic heterocycles. The first-order valence-electron chi connectivity index (χ1n) is 8.92. The SMILES string of the molecule is O=C(c1sc2ccccc2c1Cl)N(Cc1ccc([N+](=O)[O-])cc1)c1ccc(Cl)cc1. The van der Waals surface area contributed by atoms with E-state index in [9.17, 15) is 14.9 Å². The topological polar surface area (TPSA) is 63.5 Å². The largest absolute Gasteiger partial charge is 0.303 e. The summed E-state index contributed by atoms with van der Waals surface area (Å²) in [4.78, 5) is 26.0. The van der Waals surface area contributed by atoms with Gasteiger partial charge >= 0.3 is 0 Å². The van der Waals surface area contributed by atoms with Gasteiger partial charge in [-0.3, -0.25) is 14.9 Å². The highest BCUT2D eigenvalue weighted by Gasteiger charge is 2.24. The number of nitrogens with zero attached hydrogens (tertiary/aromatic N) is 2. The molecule has 1 amide bonds. The number of anilines is 1. The third kappa shape index (κ3) is 4.03.